The van der Waals surface area contributed by atoms with E-state index in [1.54, 1.807) is 0 Å². The molecule has 2 atom stereocenters. The second-order valence-electron chi connectivity index (χ2n) is 3.58. The van der Waals surface area contributed by atoms with E-state index in [9.17, 15) is 9.59 Å². The summed E-state index contributed by atoms with van der Waals surface area (Å²) in [5.74, 6) is -1.46. The second kappa shape index (κ2) is 5.70. The summed E-state index contributed by atoms with van der Waals surface area (Å²) in [7, 11) is 0. The smallest absolute Gasteiger partial charge is 0.306 e. The molecule has 0 radical (unpaired) electrons. The maximum atomic E-state index is 11.0. The van der Waals surface area contributed by atoms with Crippen LogP contribution in [0.3, 0.4) is 0 Å². The number of carboxylic acids is 1. The zero-order valence-electron chi connectivity index (χ0n) is 8.77. The van der Waals surface area contributed by atoms with E-state index in [1.807, 2.05) is 0 Å². The number of ether oxygens (including phenoxy) is 2. The lowest BCUT2D eigenvalue weighted by Gasteiger charge is -2.00. The molecule has 1 aliphatic rings. The van der Waals surface area contributed by atoms with Gasteiger partial charge in [-0.05, 0) is 6.42 Å². The Labute approximate surface area is 88.4 Å². The third kappa shape index (κ3) is 4.78. The lowest BCUT2D eigenvalue weighted by Crippen LogP contribution is -2.12. The molecule has 2 unspecified atom stereocenters. The predicted octanol–water partition coefficient (Wildman–Crippen LogP) is 0.962. The summed E-state index contributed by atoms with van der Waals surface area (Å²) in [6.07, 6.45) is 2.04. The van der Waals surface area contributed by atoms with Gasteiger partial charge in [-0.1, -0.05) is 13.3 Å². The van der Waals surface area contributed by atoms with Gasteiger partial charge in [0.15, 0.2) is 0 Å². The van der Waals surface area contributed by atoms with Gasteiger partial charge < -0.3 is 14.6 Å². The number of epoxide rings is 1. The SMILES string of the molecule is CCCC1OC1COC(=O)CCC(=O)O. The first kappa shape index (κ1) is 12.0. The molecule has 5 nitrogen and oxygen atoms in total. The Morgan fingerprint density at radius 3 is 2.67 bits per heavy atom. The zero-order valence-corrected chi connectivity index (χ0v) is 8.77. The van der Waals surface area contributed by atoms with Crippen LogP contribution in [0.5, 0.6) is 0 Å². The Morgan fingerprint density at radius 1 is 1.33 bits per heavy atom. The largest absolute Gasteiger partial charge is 0.481 e. The maximum Gasteiger partial charge on any atom is 0.306 e. The molecule has 1 heterocycles. The molecule has 0 saturated carbocycles. The minimum atomic E-state index is -0.988. The van der Waals surface area contributed by atoms with Crippen LogP contribution >= 0.6 is 0 Å². The normalized spacial score (nSPS) is 23.5. The monoisotopic (exact) mass is 216 g/mol. The molecule has 1 fully saturated rings. The second-order valence-corrected chi connectivity index (χ2v) is 3.58. The van der Waals surface area contributed by atoms with Crippen molar-refractivity contribution in [3.8, 4) is 0 Å². The summed E-state index contributed by atoms with van der Waals surface area (Å²) in [5.41, 5.74) is 0. The average molecular weight is 216 g/mol. The summed E-state index contributed by atoms with van der Waals surface area (Å²) in [4.78, 5) is 21.2. The van der Waals surface area contributed by atoms with Crippen molar-refractivity contribution < 1.29 is 24.2 Å². The van der Waals surface area contributed by atoms with Gasteiger partial charge in [-0.25, -0.2) is 0 Å². The van der Waals surface area contributed by atoms with Gasteiger partial charge in [0.1, 0.15) is 12.7 Å². The number of aliphatic carboxylic acids is 1. The first-order valence-corrected chi connectivity index (χ1v) is 5.16. The zero-order chi connectivity index (χ0) is 11.3. The number of carboxylic acid groups (broad SMARTS) is 1. The molecule has 1 N–H and O–H groups in total. The van der Waals surface area contributed by atoms with Crippen LogP contribution in [0.15, 0.2) is 0 Å². The van der Waals surface area contributed by atoms with Gasteiger partial charge in [0, 0.05) is 0 Å². The molecule has 15 heavy (non-hydrogen) atoms. The first-order valence-electron chi connectivity index (χ1n) is 5.16. The number of hydrogen-bond donors (Lipinski definition) is 1. The van der Waals surface area contributed by atoms with Crippen LogP contribution in [-0.2, 0) is 19.1 Å². The third-order valence-corrected chi connectivity index (χ3v) is 2.21. The van der Waals surface area contributed by atoms with Gasteiger partial charge in [-0.2, -0.15) is 0 Å². The average Bonchev–Trinajstić information content (AvgIpc) is 2.91. The number of carbonyl (C=O) groups is 2. The molecule has 86 valence electrons. The van der Waals surface area contributed by atoms with Crippen molar-refractivity contribution >= 4 is 11.9 Å². The van der Waals surface area contributed by atoms with Crippen LogP contribution in [-0.4, -0.2) is 35.9 Å². The van der Waals surface area contributed by atoms with E-state index in [2.05, 4.69) is 6.92 Å². The van der Waals surface area contributed by atoms with Crippen LogP contribution in [0.25, 0.3) is 0 Å². The van der Waals surface area contributed by atoms with Gasteiger partial charge in [0.25, 0.3) is 0 Å². The standard InChI is InChI=1S/C10H16O5/c1-2-3-7-8(15-7)6-14-10(13)5-4-9(11)12/h7-8H,2-6H2,1H3,(H,11,12). The minimum absolute atomic E-state index is 0.0266. The van der Waals surface area contributed by atoms with Gasteiger partial charge in [-0.3, -0.25) is 9.59 Å². The third-order valence-electron chi connectivity index (χ3n) is 2.21. The summed E-state index contributed by atoms with van der Waals surface area (Å²) >= 11 is 0. The molecule has 0 aromatic rings. The van der Waals surface area contributed by atoms with E-state index in [0.29, 0.717) is 0 Å². The highest BCUT2D eigenvalue weighted by atomic mass is 16.6. The van der Waals surface area contributed by atoms with Gasteiger partial charge in [0.2, 0.25) is 0 Å². The Morgan fingerprint density at radius 2 is 2.07 bits per heavy atom. The molecule has 1 saturated heterocycles. The van der Waals surface area contributed by atoms with Crippen molar-refractivity contribution in [3.05, 3.63) is 0 Å². The number of esters is 1. The molecule has 0 amide bonds. The van der Waals surface area contributed by atoms with Crippen LogP contribution in [0.2, 0.25) is 0 Å². The van der Waals surface area contributed by atoms with Crippen molar-refractivity contribution in [1.82, 2.24) is 0 Å². The predicted molar refractivity (Wildman–Crippen MR) is 51.4 cm³/mol. The van der Waals surface area contributed by atoms with E-state index < -0.39 is 11.9 Å². The lowest BCUT2D eigenvalue weighted by molar-refractivity contribution is -0.148. The maximum absolute atomic E-state index is 11.0. The highest BCUT2D eigenvalue weighted by Gasteiger charge is 2.38. The highest BCUT2D eigenvalue weighted by Crippen LogP contribution is 2.26. The van der Waals surface area contributed by atoms with Crippen LogP contribution in [0.4, 0.5) is 0 Å². The van der Waals surface area contributed by atoms with Gasteiger partial charge >= 0.3 is 11.9 Å². The summed E-state index contributed by atoms with van der Waals surface area (Å²) in [6, 6.07) is 0. The van der Waals surface area contributed by atoms with Crippen molar-refractivity contribution in [2.24, 2.45) is 0 Å². The quantitative estimate of drug-likeness (QED) is 0.506. The molecular weight excluding hydrogens is 200 g/mol. The van der Waals surface area contributed by atoms with Crippen molar-refractivity contribution in [1.29, 1.82) is 0 Å². The molecule has 5 heteroatoms. The molecule has 1 aliphatic heterocycles. The Kier molecular flexibility index (Phi) is 4.55. The fourth-order valence-corrected chi connectivity index (χ4v) is 1.32. The molecule has 0 aromatic heterocycles. The fraction of sp³-hybridized carbons (Fsp3) is 0.800. The molecule has 0 aromatic carbocycles. The topological polar surface area (TPSA) is 76.1 Å². The van der Waals surface area contributed by atoms with Crippen LogP contribution < -0.4 is 0 Å². The van der Waals surface area contributed by atoms with E-state index in [4.69, 9.17) is 14.6 Å². The molecule has 1 rings (SSSR count). The summed E-state index contributed by atoms with van der Waals surface area (Å²) in [6.45, 7) is 2.32. The number of rotatable bonds is 7. The minimum Gasteiger partial charge on any atom is -0.481 e. The summed E-state index contributed by atoms with van der Waals surface area (Å²) in [5, 5.41) is 8.33. The molecule has 0 spiro atoms. The Balaban J connectivity index is 2.01. The molecular formula is C10H16O5. The first-order chi connectivity index (χ1) is 7.13. The Hall–Kier alpha value is -1.10. The van der Waals surface area contributed by atoms with E-state index in [1.165, 1.54) is 0 Å². The van der Waals surface area contributed by atoms with E-state index >= 15 is 0 Å². The van der Waals surface area contributed by atoms with Crippen molar-refractivity contribution in [3.63, 3.8) is 0 Å². The molecule has 0 aliphatic carbocycles. The van der Waals surface area contributed by atoms with Crippen LogP contribution in [0, 0.1) is 0 Å². The highest BCUT2D eigenvalue weighted by molar-refractivity contribution is 5.76. The summed E-state index contributed by atoms with van der Waals surface area (Å²) < 4.78 is 10.1. The van der Waals surface area contributed by atoms with Gasteiger partial charge in [0.05, 0.1) is 18.9 Å². The van der Waals surface area contributed by atoms with Crippen LogP contribution in [0.1, 0.15) is 32.6 Å². The van der Waals surface area contributed by atoms with Gasteiger partial charge in [-0.15, -0.1) is 0 Å². The van der Waals surface area contributed by atoms with Crippen molar-refractivity contribution in [2.45, 2.75) is 44.8 Å². The van der Waals surface area contributed by atoms with E-state index in [0.717, 1.165) is 12.8 Å². The lowest BCUT2D eigenvalue weighted by atomic mass is 10.2. The van der Waals surface area contributed by atoms with Crippen molar-refractivity contribution in [2.75, 3.05) is 6.61 Å². The number of carbonyl (C=O) groups excluding carboxylic acids is 1. The molecule has 0 bridgehead atoms. The fourth-order valence-electron chi connectivity index (χ4n) is 1.32. The number of hydrogen-bond acceptors (Lipinski definition) is 4. The van der Waals surface area contributed by atoms with E-state index in [-0.39, 0.29) is 31.7 Å². The Bertz CT molecular complexity index is 238.